The van der Waals surface area contributed by atoms with E-state index in [0.717, 1.165) is 31.4 Å². The smallest absolute Gasteiger partial charge is 0.140 e. The zero-order chi connectivity index (χ0) is 12.7. The van der Waals surface area contributed by atoms with Gasteiger partial charge in [-0.15, -0.1) is 0 Å². The third kappa shape index (κ3) is 1.99. The van der Waals surface area contributed by atoms with Crippen LogP contribution in [-0.2, 0) is 7.05 Å². The number of benzene rings is 2. The van der Waals surface area contributed by atoms with E-state index >= 15 is 0 Å². The molecule has 0 spiro atoms. The first-order valence-electron chi connectivity index (χ1n) is 5.53. The normalized spacial score (nSPS) is 11.1. The SMILES string of the molecule is Cn1c(-c2ccc(Br)cc2)nc2ccc(Br)cc21. The Morgan fingerprint density at radius 2 is 1.61 bits per heavy atom. The van der Waals surface area contributed by atoms with E-state index in [-0.39, 0.29) is 0 Å². The van der Waals surface area contributed by atoms with Gasteiger partial charge in [0.05, 0.1) is 11.0 Å². The third-order valence-corrected chi connectivity index (χ3v) is 3.97. The largest absolute Gasteiger partial charge is 0.327 e. The van der Waals surface area contributed by atoms with E-state index in [2.05, 4.69) is 59.6 Å². The molecule has 0 radical (unpaired) electrons. The van der Waals surface area contributed by atoms with E-state index in [1.165, 1.54) is 0 Å². The van der Waals surface area contributed by atoms with E-state index < -0.39 is 0 Å². The molecule has 0 fully saturated rings. The van der Waals surface area contributed by atoms with Gasteiger partial charge in [-0.1, -0.05) is 44.0 Å². The lowest BCUT2D eigenvalue weighted by atomic mass is 10.2. The van der Waals surface area contributed by atoms with Gasteiger partial charge in [0.2, 0.25) is 0 Å². The van der Waals surface area contributed by atoms with Crippen LogP contribution in [0.2, 0.25) is 0 Å². The summed E-state index contributed by atoms with van der Waals surface area (Å²) >= 11 is 6.94. The van der Waals surface area contributed by atoms with E-state index in [1.54, 1.807) is 0 Å². The molecule has 0 aliphatic heterocycles. The van der Waals surface area contributed by atoms with Gasteiger partial charge in [-0.25, -0.2) is 4.98 Å². The van der Waals surface area contributed by atoms with Crippen LogP contribution >= 0.6 is 31.9 Å². The maximum absolute atomic E-state index is 4.68. The monoisotopic (exact) mass is 364 g/mol. The van der Waals surface area contributed by atoms with Gasteiger partial charge in [0.25, 0.3) is 0 Å². The lowest BCUT2D eigenvalue weighted by molar-refractivity contribution is 0.959. The maximum Gasteiger partial charge on any atom is 0.140 e. The van der Waals surface area contributed by atoms with Crippen LogP contribution in [0.1, 0.15) is 0 Å². The van der Waals surface area contributed by atoms with Crippen LogP contribution in [0.25, 0.3) is 22.4 Å². The Balaban J connectivity index is 2.23. The molecule has 0 saturated heterocycles. The molecule has 18 heavy (non-hydrogen) atoms. The molecule has 0 unspecified atom stereocenters. The fraction of sp³-hybridized carbons (Fsp3) is 0.0714. The molecule has 2 nitrogen and oxygen atoms in total. The summed E-state index contributed by atoms with van der Waals surface area (Å²) in [5.41, 5.74) is 3.26. The predicted octanol–water partition coefficient (Wildman–Crippen LogP) is 4.77. The van der Waals surface area contributed by atoms with Gasteiger partial charge in [-0.05, 0) is 30.3 Å². The first-order chi connectivity index (χ1) is 8.65. The summed E-state index contributed by atoms with van der Waals surface area (Å²) in [4.78, 5) is 4.68. The number of aryl methyl sites for hydroxylation is 1. The minimum Gasteiger partial charge on any atom is -0.327 e. The zero-order valence-corrected chi connectivity index (χ0v) is 12.9. The first-order valence-corrected chi connectivity index (χ1v) is 7.12. The molecule has 3 rings (SSSR count). The first kappa shape index (κ1) is 11.9. The Hall–Kier alpha value is -1.13. The standard InChI is InChI=1S/C14H10Br2N2/c1-18-13-8-11(16)6-7-12(13)17-14(18)9-2-4-10(15)5-3-9/h2-8H,1H3. The number of rotatable bonds is 1. The van der Waals surface area contributed by atoms with Crippen molar-refractivity contribution in [2.75, 3.05) is 0 Å². The van der Waals surface area contributed by atoms with E-state index in [0.29, 0.717) is 0 Å². The molecule has 4 heteroatoms. The molecule has 90 valence electrons. The zero-order valence-electron chi connectivity index (χ0n) is 9.69. The summed E-state index contributed by atoms with van der Waals surface area (Å²) < 4.78 is 4.26. The Morgan fingerprint density at radius 1 is 0.944 bits per heavy atom. The van der Waals surface area contributed by atoms with Gasteiger partial charge in [0, 0.05) is 21.6 Å². The van der Waals surface area contributed by atoms with E-state index in [1.807, 2.05) is 31.3 Å². The summed E-state index contributed by atoms with van der Waals surface area (Å²) in [5.74, 6) is 0.982. The molecule has 0 atom stereocenters. The van der Waals surface area contributed by atoms with Gasteiger partial charge in [0.15, 0.2) is 0 Å². The summed E-state index contributed by atoms with van der Waals surface area (Å²) in [6, 6.07) is 14.3. The molecule has 0 N–H and O–H groups in total. The number of fused-ring (bicyclic) bond motifs is 1. The van der Waals surface area contributed by atoms with Crippen LogP contribution in [0.5, 0.6) is 0 Å². The molecular weight excluding hydrogens is 356 g/mol. The fourth-order valence-electron chi connectivity index (χ4n) is 2.02. The minimum atomic E-state index is 0.982. The molecule has 2 aromatic carbocycles. The number of hydrogen-bond acceptors (Lipinski definition) is 1. The highest BCUT2D eigenvalue weighted by Crippen LogP contribution is 2.26. The number of aromatic nitrogens is 2. The van der Waals surface area contributed by atoms with Crippen molar-refractivity contribution in [2.24, 2.45) is 7.05 Å². The number of imidazole rings is 1. The molecule has 0 saturated carbocycles. The van der Waals surface area contributed by atoms with Crippen LogP contribution in [-0.4, -0.2) is 9.55 Å². The highest BCUT2D eigenvalue weighted by atomic mass is 79.9. The molecule has 0 bridgehead atoms. The molecule has 3 aromatic rings. The second-order valence-corrected chi connectivity index (χ2v) is 5.97. The minimum absolute atomic E-state index is 0.982. The second kappa shape index (κ2) is 4.52. The average molecular weight is 366 g/mol. The van der Waals surface area contributed by atoms with Crippen LogP contribution in [0.3, 0.4) is 0 Å². The molecule has 0 amide bonds. The summed E-state index contributed by atoms with van der Waals surface area (Å²) in [6.45, 7) is 0. The van der Waals surface area contributed by atoms with Crippen molar-refractivity contribution < 1.29 is 0 Å². The van der Waals surface area contributed by atoms with Crippen molar-refractivity contribution in [3.63, 3.8) is 0 Å². The quantitative estimate of drug-likeness (QED) is 0.607. The third-order valence-electron chi connectivity index (χ3n) is 2.95. The summed E-state index contributed by atoms with van der Waals surface area (Å²) in [5, 5.41) is 0. The average Bonchev–Trinajstić information content (AvgIpc) is 2.68. The van der Waals surface area contributed by atoms with Gasteiger partial charge in [-0.3, -0.25) is 0 Å². The van der Waals surface area contributed by atoms with Crippen LogP contribution in [0.4, 0.5) is 0 Å². The fourth-order valence-corrected chi connectivity index (χ4v) is 2.63. The van der Waals surface area contributed by atoms with Crippen molar-refractivity contribution in [1.29, 1.82) is 0 Å². The van der Waals surface area contributed by atoms with Crippen LogP contribution < -0.4 is 0 Å². The number of nitrogens with zero attached hydrogens (tertiary/aromatic N) is 2. The summed E-state index contributed by atoms with van der Waals surface area (Å²) in [6.07, 6.45) is 0. The van der Waals surface area contributed by atoms with E-state index in [9.17, 15) is 0 Å². The van der Waals surface area contributed by atoms with Crippen LogP contribution in [0, 0.1) is 0 Å². The van der Waals surface area contributed by atoms with Crippen molar-refractivity contribution in [3.05, 3.63) is 51.4 Å². The second-order valence-electron chi connectivity index (χ2n) is 4.13. The topological polar surface area (TPSA) is 17.8 Å². The molecule has 0 aliphatic carbocycles. The Morgan fingerprint density at radius 3 is 2.33 bits per heavy atom. The lowest BCUT2D eigenvalue weighted by Crippen LogP contribution is -1.92. The molecular formula is C14H10Br2N2. The van der Waals surface area contributed by atoms with Crippen molar-refractivity contribution >= 4 is 42.9 Å². The molecule has 1 heterocycles. The Bertz CT molecular complexity index is 714. The lowest BCUT2D eigenvalue weighted by Gasteiger charge is -2.02. The van der Waals surface area contributed by atoms with Gasteiger partial charge in [-0.2, -0.15) is 0 Å². The van der Waals surface area contributed by atoms with Crippen molar-refractivity contribution in [3.8, 4) is 11.4 Å². The Kier molecular flexibility index (Phi) is 2.99. The van der Waals surface area contributed by atoms with Crippen LogP contribution in [0.15, 0.2) is 51.4 Å². The highest BCUT2D eigenvalue weighted by Gasteiger charge is 2.09. The maximum atomic E-state index is 4.68. The molecule has 1 aromatic heterocycles. The van der Waals surface area contributed by atoms with E-state index in [4.69, 9.17) is 0 Å². The highest BCUT2D eigenvalue weighted by molar-refractivity contribution is 9.10. The summed E-state index contributed by atoms with van der Waals surface area (Å²) in [7, 11) is 2.04. The van der Waals surface area contributed by atoms with Crippen molar-refractivity contribution in [2.45, 2.75) is 0 Å². The number of hydrogen-bond donors (Lipinski definition) is 0. The molecule has 0 aliphatic rings. The van der Waals surface area contributed by atoms with Gasteiger partial charge in [0.1, 0.15) is 5.82 Å². The Labute approximate surface area is 122 Å². The predicted molar refractivity (Wildman–Crippen MR) is 81.6 cm³/mol. The van der Waals surface area contributed by atoms with Crippen molar-refractivity contribution in [1.82, 2.24) is 9.55 Å². The van der Waals surface area contributed by atoms with Gasteiger partial charge < -0.3 is 4.57 Å². The number of halogens is 2. The van der Waals surface area contributed by atoms with Gasteiger partial charge >= 0.3 is 0 Å².